The molecule has 0 radical (unpaired) electrons. The van der Waals surface area contributed by atoms with Crippen molar-refractivity contribution in [2.24, 2.45) is 5.73 Å². The maximum absolute atomic E-state index is 11.9. The molecular formula is C10H19N4NaO4. The van der Waals surface area contributed by atoms with Crippen LogP contribution in [0, 0.1) is 0 Å². The first-order chi connectivity index (χ1) is 8.23. The Balaban J connectivity index is 0. The number of carbonyl (C=O) groups is 3. The fraction of sp³-hybridized carbons (Fsp3) is 0.700. The predicted octanol–water partition coefficient (Wildman–Crippen LogP) is -5.81. The molecule has 9 heteroatoms. The Bertz CT molecular complexity index is 325. The zero-order chi connectivity index (χ0) is 14.3. The summed E-state index contributed by atoms with van der Waals surface area (Å²) in [6, 6.07) is -1.71. The summed E-state index contributed by atoms with van der Waals surface area (Å²) in [5, 5.41) is 12.8. The predicted molar refractivity (Wildman–Crippen MR) is 62.3 cm³/mol. The van der Waals surface area contributed by atoms with Crippen LogP contribution in [0.3, 0.4) is 0 Å². The van der Waals surface area contributed by atoms with Crippen molar-refractivity contribution in [3.8, 4) is 0 Å². The van der Waals surface area contributed by atoms with Gasteiger partial charge in [0.25, 0.3) is 0 Å². The Morgan fingerprint density at radius 1 is 1.26 bits per heavy atom. The largest absolute Gasteiger partial charge is 1.00 e. The van der Waals surface area contributed by atoms with E-state index in [1.807, 2.05) is 4.90 Å². The summed E-state index contributed by atoms with van der Waals surface area (Å²) in [5.74, 6) is -1.87. The van der Waals surface area contributed by atoms with Crippen LogP contribution < -0.4 is 45.7 Å². The number of carbonyl (C=O) groups excluding carboxylic acids is 3. The van der Waals surface area contributed by atoms with Crippen LogP contribution in [-0.4, -0.2) is 67.5 Å². The van der Waals surface area contributed by atoms with E-state index in [0.717, 1.165) is 4.90 Å². The van der Waals surface area contributed by atoms with E-state index in [1.54, 1.807) is 14.1 Å². The monoisotopic (exact) mass is 282 g/mol. The van der Waals surface area contributed by atoms with Crippen molar-refractivity contribution < 1.29 is 49.0 Å². The van der Waals surface area contributed by atoms with E-state index in [2.05, 4.69) is 5.32 Å². The van der Waals surface area contributed by atoms with Gasteiger partial charge >= 0.3 is 35.6 Å². The van der Waals surface area contributed by atoms with Crippen LogP contribution in [0.5, 0.6) is 0 Å². The molecule has 0 rings (SSSR count). The molecule has 19 heavy (non-hydrogen) atoms. The van der Waals surface area contributed by atoms with Gasteiger partial charge in [-0.2, -0.15) is 0 Å². The van der Waals surface area contributed by atoms with Crippen molar-refractivity contribution in [3.05, 3.63) is 0 Å². The third kappa shape index (κ3) is 9.71. The first-order valence-electron chi connectivity index (χ1n) is 5.43. The summed E-state index contributed by atoms with van der Waals surface area (Å²) >= 11 is 0. The van der Waals surface area contributed by atoms with Gasteiger partial charge in [-0.3, -0.25) is 4.79 Å². The molecule has 0 aliphatic carbocycles. The molecule has 104 valence electrons. The van der Waals surface area contributed by atoms with Crippen LogP contribution in [0.2, 0.25) is 0 Å². The topological polar surface area (TPSA) is 119 Å². The molecule has 8 nitrogen and oxygen atoms in total. The van der Waals surface area contributed by atoms with E-state index in [1.165, 1.54) is 6.92 Å². The maximum atomic E-state index is 11.9. The van der Waals surface area contributed by atoms with Crippen molar-refractivity contribution in [1.29, 1.82) is 0 Å². The average molecular weight is 282 g/mol. The minimum absolute atomic E-state index is 0. The van der Waals surface area contributed by atoms with Crippen LogP contribution in [0.25, 0.3) is 0 Å². The third-order valence-corrected chi connectivity index (χ3v) is 2.18. The average Bonchev–Trinajstić information content (AvgIpc) is 2.21. The molecule has 3 amide bonds. The Labute approximate surface area is 134 Å². The second-order valence-electron chi connectivity index (χ2n) is 4.17. The molecule has 3 N–H and O–H groups in total. The molecule has 0 bridgehead atoms. The first-order valence-corrected chi connectivity index (χ1v) is 5.43. The maximum Gasteiger partial charge on any atom is 1.00 e. The summed E-state index contributed by atoms with van der Waals surface area (Å²) in [6.07, 6.45) is 0. The molecule has 0 saturated carbocycles. The van der Waals surface area contributed by atoms with Gasteiger partial charge in [0.15, 0.2) is 0 Å². The number of nitrogens with one attached hydrogen (secondary N) is 1. The van der Waals surface area contributed by atoms with Gasteiger partial charge in [-0.05, 0) is 21.0 Å². The SMILES string of the molecule is CC(NC(N)=O)C(=O)N(CCN(C)C)CC(=O)[O-].[Na+]. The van der Waals surface area contributed by atoms with Crippen molar-refractivity contribution in [2.45, 2.75) is 13.0 Å². The molecule has 0 fully saturated rings. The molecule has 0 aromatic rings. The van der Waals surface area contributed by atoms with Gasteiger partial charge in [0.2, 0.25) is 5.91 Å². The van der Waals surface area contributed by atoms with Crippen molar-refractivity contribution in [3.63, 3.8) is 0 Å². The minimum Gasteiger partial charge on any atom is -0.548 e. The van der Waals surface area contributed by atoms with Crippen molar-refractivity contribution >= 4 is 17.9 Å². The zero-order valence-electron chi connectivity index (χ0n) is 11.8. The number of nitrogens with zero attached hydrogens (tertiary/aromatic N) is 2. The van der Waals surface area contributed by atoms with Crippen molar-refractivity contribution in [1.82, 2.24) is 15.1 Å². The van der Waals surface area contributed by atoms with Crippen LogP contribution in [0.1, 0.15) is 6.92 Å². The Hall–Kier alpha value is -0.830. The number of rotatable bonds is 7. The number of primary amides is 1. The molecule has 0 heterocycles. The van der Waals surface area contributed by atoms with E-state index in [0.29, 0.717) is 6.54 Å². The molecule has 0 aliphatic rings. The van der Waals surface area contributed by atoms with E-state index in [-0.39, 0.29) is 36.1 Å². The van der Waals surface area contributed by atoms with Gasteiger partial charge in [0.1, 0.15) is 6.04 Å². The van der Waals surface area contributed by atoms with Gasteiger partial charge in [-0.1, -0.05) is 0 Å². The normalized spacial score (nSPS) is 11.4. The quantitative estimate of drug-likeness (QED) is 0.451. The van der Waals surface area contributed by atoms with E-state index in [4.69, 9.17) is 5.73 Å². The summed E-state index contributed by atoms with van der Waals surface area (Å²) in [5.41, 5.74) is 4.90. The summed E-state index contributed by atoms with van der Waals surface area (Å²) in [4.78, 5) is 36.0. The first kappa shape index (κ1) is 20.5. The fourth-order valence-corrected chi connectivity index (χ4v) is 1.29. The number of carboxylic acids is 1. The molecular weight excluding hydrogens is 263 g/mol. The van der Waals surface area contributed by atoms with Gasteiger partial charge in [0.05, 0.1) is 12.5 Å². The number of nitrogens with two attached hydrogens (primary N) is 1. The molecule has 0 spiro atoms. The smallest absolute Gasteiger partial charge is 0.548 e. The Morgan fingerprint density at radius 2 is 1.79 bits per heavy atom. The molecule has 0 aromatic heterocycles. The molecule has 1 unspecified atom stereocenters. The van der Waals surface area contributed by atoms with E-state index < -0.39 is 30.5 Å². The molecule has 0 aromatic carbocycles. The van der Waals surface area contributed by atoms with Gasteiger partial charge in [-0.15, -0.1) is 0 Å². The Kier molecular flexibility index (Phi) is 10.8. The summed E-state index contributed by atoms with van der Waals surface area (Å²) in [6.45, 7) is 1.65. The number of carboxylic acid groups (broad SMARTS) is 1. The van der Waals surface area contributed by atoms with Gasteiger partial charge in [0, 0.05) is 13.1 Å². The van der Waals surface area contributed by atoms with Gasteiger partial charge < -0.3 is 30.8 Å². The third-order valence-electron chi connectivity index (χ3n) is 2.18. The van der Waals surface area contributed by atoms with Gasteiger partial charge in [-0.25, -0.2) is 4.79 Å². The molecule has 1 atom stereocenters. The summed E-state index contributed by atoms with van der Waals surface area (Å²) in [7, 11) is 3.60. The second kappa shape index (κ2) is 10.0. The molecule has 0 saturated heterocycles. The summed E-state index contributed by atoms with van der Waals surface area (Å²) < 4.78 is 0. The number of urea groups is 1. The number of amides is 3. The van der Waals surface area contributed by atoms with E-state index >= 15 is 0 Å². The van der Waals surface area contributed by atoms with Crippen LogP contribution >= 0.6 is 0 Å². The van der Waals surface area contributed by atoms with Crippen LogP contribution in [-0.2, 0) is 9.59 Å². The standard InChI is InChI=1S/C10H20N4O4.Na/c1-7(12-10(11)18)9(17)14(6-8(15)16)5-4-13(2)3;/h7H,4-6H2,1-3H3,(H,15,16)(H3,11,12,18);/q;+1/p-1. The number of likely N-dealkylation sites (N-methyl/N-ethyl adjacent to an activating group) is 1. The minimum atomic E-state index is -1.35. The zero-order valence-corrected chi connectivity index (χ0v) is 13.8. The Morgan fingerprint density at radius 3 is 2.16 bits per heavy atom. The van der Waals surface area contributed by atoms with Crippen LogP contribution in [0.15, 0.2) is 0 Å². The second-order valence-corrected chi connectivity index (χ2v) is 4.17. The number of hydrogen-bond donors (Lipinski definition) is 2. The van der Waals surface area contributed by atoms with Crippen molar-refractivity contribution in [2.75, 3.05) is 33.7 Å². The van der Waals surface area contributed by atoms with Crippen LogP contribution in [0.4, 0.5) is 4.79 Å². The fourth-order valence-electron chi connectivity index (χ4n) is 1.29. The van der Waals surface area contributed by atoms with E-state index in [9.17, 15) is 19.5 Å². The number of aliphatic carboxylic acids is 1. The number of hydrogen-bond acceptors (Lipinski definition) is 5. The molecule has 0 aliphatic heterocycles.